The Hall–Kier alpha value is -2.91. The number of nitrogen functional groups attached to an aromatic ring is 1. The molecule has 2 aliphatic rings. The number of hydrogen-bond acceptors (Lipinski definition) is 8. The molecule has 5 rings (SSSR count). The molecule has 2 aromatic heterocycles. The third-order valence-electron chi connectivity index (χ3n) is 6.33. The van der Waals surface area contributed by atoms with Gasteiger partial charge in [-0.2, -0.15) is 10.1 Å². The quantitative estimate of drug-likeness (QED) is 0.492. The van der Waals surface area contributed by atoms with Gasteiger partial charge in [0.05, 0.1) is 33.1 Å². The lowest BCUT2D eigenvalue weighted by Gasteiger charge is -2.55. The first-order valence-corrected chi connectivity index (χ1v) is 11.3. The van der Waals surface area contributed by atoms with Gasteiger partial charge in [0.1, 0.15) is 16.8 Å². The highest BCUT2D eigenvalue weighted by atomic mass is 16.5. The molecule has 9 heteroatoms. The van der Waals surface area contributed by atoms with Crippen molar-refractivity contribution in [3.05, 3.63) is 35.5 Å². The van der Waals surface area contributed by atoms with E-state index < -0.39 is 0 Å². The van der Waals surface area contributed by atoms with Gasteiger partial charge >= 0.3 is 0 Å². The first kappa shape index (κ1) is 21.0. The van der Waals surface area contributed by atoms with E-state index in [-0.39, 0.29) is 5.95 Å². The van der Waals surface area contributed by atoms with Crippen LogP contribution in [0.5, 0.6) is 5.75 Å². The number of anilines is 2. The Morgan fingerprint density at radius 2 is 2.06 bits per heavy atom. The van der Waals surface area contributed by atoms with Gasteiger partial charge in [-0.05, 0) is 24.1 Å². The summed E-state index contributed by atoms with van der Waals surface area (Å²) in [6.07, 6.45) is 3.90. The molecule has 1 aromatic carbocycles. The van der Waals surface area contributed by atoms with Gasteiger partial charge in [0.15, 0.2) is 5.82 Å². The van der Waals surface area contributed by atoms with E-state index in [4.69, 9.17) is 15.2 Å². The highest BCUT2D eigenvalue weighted by Gasteiger charge is 2.48. The SMILES string of the molecule is CCCCNc1nc(N)nc2cnn(Cc3cc(CN4CC5(COC5)C4)ccc3OC)c12. The van der Waals surface area contributed by atoms with Gasteiger partial charge < -0.3 is 20.5 Å². The Bertz CT molecular complexity index is 1100. The highest BCUT2D eigenvalue weighted by Crippen LogP contribution is 2.38. The lowest BCUT2D eigenvalue weighted by atomic mass is 9.78. The first-order valence-electron chi connectivity index (χ1n) is 11.3. The number of nitrogens with one attached hydrogen (secondary N) is 1. The van der Waals surface area contributed by atoms with Crippen molar-refractivity contribution >= 4 is 22.8 Å². The number of ether oxygens (including phenoxy) is 2. The van der Waals surface area contributed by atoms with E-state index >= 15 is 0 Å². The second-order valence-corrected chi connectivity index (χ2v) is 9.03. The molecule has 0 amide bonds. The molecule has 3 aromatic rings. The molecule has 0 atom stereocenters. The van der Waals surface area contributed by atoms with Crippen LogP contribution in [0.4, 0.5) is 11.8 Å². The fourth-order valence-electron chi connectivity index (χ4n) is 4.70. The maximum atomic E-state index is 5.92. The number of fused-ring (bicyclic) bond motifs is 1. The molecule has 0 bridgehead atoms. The molecule has 9 nitrogen and oxygen atoms in total. The van der Waals surface area contributed by atoms with Crippen molar-refractivity contribution < 1.29 is 9.47 Å². The number of aromatic nitrogens is 4. The zero-order valence-electron chi connectivity index (χ0n) is 18.8. The maximum Gasteiger partial charge on any atom is 0.222 e. The van der Waals surface area contributed by atoms with Crippen LogP contribution in [-0.2, 0) is 17.8 Å². The minimum atomic E-state index is 0.250. The molecule has 0 radical (unpaired) electrons. The van der Waals surface area contributed by atoms with Crippen LogP contribution >= 0.6 is 0 Å². The molecule has 170 valence electrons. The largest absolute Gasteiger partial charge is 0.496 e. The molecule has 4 heterocycles. The lowest BCUT2D eigenvalue weighted by molar-refractivity contribution is -0.191. The van der Waals surface area contributed by atoms with Crippen LogP contribution in [0, 0.1) is 5.41 Å². The second kappa shape index (κ2) is 8.55. The molecule has 0 aliphatic carbocycles. The molecular weight excluding hydrogens is 406 g/mol. The molecule has 2 saturated heterocycles. The zero-order chi connectivity index (χ0) is 22.1. The summed E-state index contributed by atoms with van der Waals surface area (Å²) in [7, 11) is 1.71. The fourth-order valence-corrected chi connectivity index (χ4v) is 4.70. The maximum absolute atomic E-state index is 5.92. The van der Waals surface area contributed by atoms with Crippen LogP contribution in [0.1, 0.15) is 30.9 Å². The van der Waals surface area contributed by atoms with Crippen molar-refractivity contribution in [3.8, 4) is 5.75 Å². The number of hydrogen-bond donors (Lipinski definition) is 2. The summed E-state index contributed by atoms with van der Waals surface area (Å²) in [5, 5.41) is 7.99. The molecule has 2 aliphatic heterocycles. The van der Waals surface area contributed by atoms with Crippen LogP contribution in [0.15, 0.2) is 24.4 Å². The topological polar surface area (TPSA) is 103 Å². The van der Waals surface area contributed by atoms with Crippen LogP contribution in [0.3, 0.4) is 0 Å². The smallest absolute Gasteiger partial charge is 0.222 e. The zero-order valence-corrected chi connectivity index (χ0v) is 18.8. The fraction of sp³-hybridized carbons (Fsp3) is 0.522. The van der Waals surface area contributed by atoms with Gasteiger partial charge in [-0.15, -0.1) is 0 Å². The first-order chi connectivity index (χ1) is 15.6. The summed E-state index contributed by atoms with van der Waals surface area (Å²) in [5.41, 5.74) is 10.3. The van der Waals surface area contributed by atoms with E-state index in [9.17, 15) is 0 Å². The summed E-state index contributed by atoms with van der Waals surface area (Å²) in [6.45, 7) is 8.53. The average molecular weight is 438 g/mol. The van der Waals surface area contributed by atoms with Crippen molar-refractivity contribution in [2.75, 3.05) is 51.0 Å². The van der Waals surface area contributed by atoms with E-state index in [0.29, 0.717) is 12.0 Å². The van der Waals surface area contributed by atoms with E-state index in [1.54, 1.807) is 13.3 Å². The van der Waals surface area contributed by atoms with Gasteiger partial charge in [0.2, 0.25) is 5.95 Å². The molecular formula is C23H31N7O2. The third-order valence-corrected chi connectivity index (χ3v) is 6.33. The van der Waals surface area contributed by atoms with Gasteiger partial charge in [0.25, 0.3) is 0 Å². The summed E-state index contributed by atoms with van der Waals surface area (Å²) in [6, 6.07) is 6.41. The lowest BCUT2D eigenvalue weighted by Crippen LogP contribution is -2.65. The summed E-state index contributed by atoms with van der Waals surface area (Å²) >= 11 is 0. The Balaban J connectivity index is 1.39. The summed E-state index contributed by atoms with van der Waals surface area (Å²) in [5.74, 6) is 1.82. The van der Waals surface area contributed by atoms with Crippen molar-refractivity contribution in [2.45, 2.75) is 32.9 Å². The molecule has 1 spiro atoms. The Morgan fingerprint density at radius 1 is 1.22 bits per heavy atom. The number of rotatable bonds is 9. The van der Waals surface area contributed by atoms with E-state index in [0.717, 1.165) is 80.4 Å². The van der Waals surface area contributed by atoms with Crippen LogP contribution in [0.2, 0.25) is 0 Å². The third kappa shape index (κ3) is 3.98. The summed E-state index contributed by atoms with van der Waals surface area (Å²) in [4.78, 5) is 11.3. The number of likely N-dealkylation sites (tertiary alicyclic amines) is 1. The standard InChI is InChI=1S/C23H31N7O2/c1-3-4-7-25-21-20-18(27-22(24)28-21)9-26-30(20)11-17-8-16(5-6-19(17)31-2)10-29-12-23(13-29)14-32-15-23/h5-6,8-9H,3-4,7,10-15H2,1-2H3,(H3,24,25,27,28). The van der Waals surface area contributed by atoms with E-state index in [1.165, 1.54) is 5.56 Å². The van der Waals surface area contributed by atoms with Gasteiger partial charge in [-0.25, -0.2) is 4.98 Å². The van der Waals surface area contributed by atoms with Gasteiger partial charge in [-0.3, -0.25) is 9.58 Å². The number of nitrogens with two attached hydrogens (primary N) is 1. The van der Waals surface area contributed by atoms with Crippen molar-refractivity contribution in [1.29, 1.82) is 0 Å². The minimum Gasteiger partial charge on any atom is -0.496 e. The van der Waals surface area contributed by atoms with Crippen LogP contribution in [0.25, 0.3) is 11.0 Å². The Labute approximate surface area is 187 Å². The summed E-state index contributed by atoms with van der Waals surface area (Å²) < 4.78 is 13.0. The van der Waals surface area contributed by atoms with E-state index in [1.807, 2.05) is 10.7 Å². The number of benzene rings is 1. The monoisotopic (exact) mass is 437 g/mol. The number of nitrogens with zero attached hydrogens (tertiary/aromatic N) is 5. The molecule has 3 N–H and O–H groups in total. The Kier molecular flexibility index (Phi) is 5.60. The van der Waals surface area contributed by atoms with Gasteiger partial charge in [0, 0.05) is 37.2 Å². The van der Waals surface area contributed by atoms with Crippen molar-refractivity contribution in [3.63, 3.8) is 0 Å². The predicted molar refractivity (Wildman–Crippen MR) is 124 cm³/mol. The average Bonchev–Trinajstić information content (AvgIpc) is 3.11. The normalized spacial score (nSPS) is 17.3. The van der Waals surface area contributed by atoms with Crippen molar-refractivity contribution in [2.24, 2.45) is 5.41 Å². The van der Waals surface area contributed by atoms with Gasteiger partial charge in [-0.1, -0.05) is 19.4 Å². The highest BCUT2D eigenvalue weighted by molar-refractivity contribution is 5.86. The number of methoxy groups -OCH3 is 1. The molecule has 0 saturated carbocycles. The molecule has 0 unspecified atom stereocenters. The Morgan fingerprint density at radius 3 is 2.78 bits per heavy atom. The van der Waals surface area contributed by atoms with Crippen LogP contribution in [-0.4, -0.2) is 64.6 Å². The molecule has 32 heavy (non-hydrogen) atoms. The van der Waals surface area contributed by atoms with Crippen LogP contribution < -0.4 is 15.8 Å². The second-order valence-electron chi connectivity index (χ2n) is 9.03. The van der Waals surface area contributed by atoms with E-state index in [2.05, 4.69) is 44.3 Å². The minimum absolute atomic E-state index is 0.250. The van der Waals surface area contributed by atoms with Crippen molar-refractivity contribution in [1.82, 2.24) is 24.6 Å². The predicted octanol–water partition coefficient (Wildman–Crippen LogP) is 2.51. The number of unbranched alkanes of at least 4 members (excludes halogenated alkanes) is 1. The molecule has 2 fully saturated rings.